The molecule has 28 heavy (non-hydrogen) atoms. The van der Waals surface area contributed by atoms with E-state index < -0.39 is 0 Å². The number of hydrogen-bond acceptors (Lipinski definition) is 5. The predicted molar refractivity (Wildman–Crippen MR) is 113 cm³/mol. The number of pyridine rings is 1. The van der Waals surface area contributed by atoms with E-state index in [0.29, 0.717) is 19.5 Å². The maximum atomic E-state index is 12.8. The Balaban J connectivity index is 1.46. The molecule has 6 nitrogen and oxygen atoms in total. The van der Waals surface area contributed by atoms with Gasteiger partial charge in [-0.3, -0.25) is 9.69 Å². The molecule has 1 saturated heterocycles. The lowest BCUT2D eigenvalue weighted by Crippen LogP contribution is -2.47. The minimum Gasteiger partial charge on any atom is -0.354 e. The van der Waals surface area contributed by atoms with Crippen molar-refractivity contribution < 1.29 is 4.79 Å². The van der Waals surface area contributed by atoms with Gasteiger partial charge in [0.1, 0.15) is 5.82 Å². The number of benzene rings is 1. The van der Waals surface area contributed by atoms with Crippen LogP contribution in [0.3, 0.4) is 0 Å². The molecule has 150 valence electrons. The number of anilines is 1. The molecular weight excluding hydrogens is 350 g/mol. The van der Waals surface area contributed by atoms with Crippen molar-refractivity contribution in [3.05, 3.63) is 60.3 Å². The first kappa shape index (κ1) is 20.3. The highest BCUT2D eigenvalue weighted by Gasteiger charge is 2.20. The van der Waals surface area contributed by atoms with E-state index in [4.69, 9.17) is 5.73 Å². The predicted octanol–water partition coefficient (Wildman–Crippen LogP) is 1.97. The third kappa shape index (κ3) is 6.04. The first-order valence-corrected chi connectivity index (χ1v) is 10.2. The Kier molecular flexibility index (Phi) is 7.82. The van der Waals surface area contributed by atoms with Crippen molar-refractivity contribution in [2.45, 2.75) is 19.4 Å². The third-order valence-electron chi connectivity index (χ3n) is 5.19. The van der Waals surface area contributed by atoms with Crippen LogP contribution in [-0.4, -0.2) is 66.5 Å². The van der Waals surface area contributed by atoms with Gasteiger partial charge in [-0.15, -0.1) is 0 Å². The van der Waals surface area contributed by atoms with E-state index in [1.807, 2.05) is 41.4 Å². The topological polar surface area (TPSA) is 65.7 Å². The van der Waals surface area contributed by atoms with Crippen LogP contribution in [0.2, 0.25) is 0 Å². The average molecular weight is 382 g/mol. The summed E-state index contributed by atoms with van der Waals surface area (Å²) in [5.74, 6) is 1.25. The second-order valence-corrected chi connectivity index (χ2v) is 7.21. The summed E-state index contributed by atoms with van der Waals surface area (Å²) in [5.41, 5.74) is 6.83. The second-order valence-electron chi connectivity index (χ2n) is 7.21. The van der Waals surface area contributed by atoms with Crippen molar-refractivity contribution in [2.75, 3.05) is 50.7 Å². The molecule has 1 aromatic carbocycles. The highest BCUT2D eigenvalue weighted by atomic mass is 16.2. The fourth-order valence-corrected chi connectivity index (χ4v) is 3.53. The van der Waals surface area contributed by atoms with Gasteiger partial charge >= 0.3 is 0 Å². The molecule has 1 aromatic heterocycles. The lowest BCUT2D eigenvalue weighted by molar-refractivity contribution is -0.132. The molecule has 0 unspecified atom stereocenters. The number of nitrogens with zero attached hydrogens (tertiary/aromatic N) is 4. The van der Waals surface area contributed by atoms with Gasteiger partial charge in [-0.05, 0) is 30.7 Å². The number of rotatable bonds is 9. The minimum absolute atomic E-state index is 0.212. The first-order valence-electron chi connectivity index (χ1n) is 10.2. The standard InChI is InChI=1S/C22H31N5O/c23-11-6-13-27(19-20-7-2-1-3-8-20)22(28)10-14-25-15-17-26(18-16-25)21-9-4-5-12-24-21/h1-5,7-9,12H,6,10-11,13-19,23H2. The average Bonchev–Trinajstić information content (AvgIpc) is 2.76. The zero-order chi connectivity index (χ0) is 19.6. The van der Waals surface area contributed by atoms with Crippen LogP contribution in [0.1, 0.15) is 18.4 Å². The molecular formula is C22H31N5O. The molecule has 2 heterocycles. The lowest BCUT2D eigenvalue weighted by Gasteiger charge is -2.35. The Bertz CT molecular complexity index is 701. The van der Waals surface area contributed by atoms with Gasteiger partial charge in [-0.2, -0.15) is 0 Å². The maximum Gasteiger partial charge on any atom is 0.224 e. The first-order chi connectivity index (χ1) is 13.8. The van der Waals surface area contributed by atoms with Crippen molar-refractivity contribution in [1.29, 1.82) is 0 Å². The molecule has 2 aromatic rings. The molecule has 0 aliphatic carbocycles. The molecule has 2 N–H and O–H groups in total. The van der Waals surface area contributed by atoms with Crippen LogP contribution < -0.4 is 10.6 Å². The number of carbonyl (C=O) groups excluding carboxylic acids is 1. The van der Waals surface area contributed by atoms with Crippen molar-refractivity contribution in [3.63, 3.8) is 0 Å². The summed E-state index contributed by atoms with van der Waals surface area (Å²) in [4.78, 5) is 23.9. The van der Waals surface area contributed by atoms with Crippen molar-refractivity contribution in [2.24, 2.45) is 5.73 Å². The lowest BCUT2D eigenvalue weighted by atomic mass is 10.2. The van der Waals surface area contributed by atoms with E-state index in [1.165, 1.54) is 0 Å². The SMILES string of the molecule is NCCCN(Cc1ccccc1)C(=O)CCN1CCN(c2ccccn2)CC1. The van der Waals surface area contributed by atoms with Gasteiger partial charge in [0.2, 0.25) is 5.91 Å². The van der Waals surface area contributed by atoms with E-state index in [0.717, 1.165) is 57.1 Å². The zero-order valence-corrected chi connectivity index (χ0v) is 16.5. The number of nitrogens with two attached hydrogens (primary N) is 1. The van der Waals surface area contributed by atoms with Crippen LogP contribution in [0.25, 0.3) is 0 Å². The number of aromatic nitrogens is 1. The summed E-state index contributed by atoms with van der Waals surface area (Å²) in [7, 11) is 0. The van der Waals surface area contributed by atoms with Gasteiger partial charge in [0.15, 0.2) is 0 Å². The van der Waals surface area contributed by atoms with Gasteiger partial charge in [0, 0.05) is 58.4 Å². The van der Waals surface area contributed by atoms with Gasteiger partial charge in [-0.1, -0.05) is 36.4 Å². The summed E-state index contributed by atoms with van der Waals surface area (Å²) < 4.78 is 0. The molecule has 6 heteroatoms. The summed E-state index contributed by atoms with van der Waals surface area (Å²) in [6.45, 7) is 6.62. The molecule has 0 spiro atoms. The van der Waals surface area contributed by atoms with Crippen molar-refractivity contribution in [1.82, 2.24) is 14.8 Å². The number of piperazine rings is 1. The van der Waals surface area contributed by atoms with E-state index in [-0.39, 0.29) is 5.91 Å². The minimum atomic E-state index is 0.212. The van der Waals surface area contributed by atoms with Gasteiger partial charge in [0.25, 0.3) is 0 Å². The van der Waals surface area contributed by atoms with E-state index in [1.54, 1.807) is 0 Å². The van der Waals surface area contributed by atoms with E-state index in [2.05, 4.69) is 33.0 Å². The van der Waals surface area contributed by atoms with Gasteiger partial charge in [0.05, 0.1) is 0 Å². The van der Waals surface area contributed by atoms with Crippen molar-refractivity contribution in [3.8, 4) is 0 Å². The van der Waals surface area contributed by atoms with E-state index in [9.17, 15) is 4.79 Å². The highest BCUT2D eigenvalue weighted by molar-refractivity contribution is 5.76. The second kappa shape index (κ2) is 10.8. The molecule has 0 saturated carbocycles. The quantitative estimate of drug-likeness (QED) is 0.719. The summed E-state index contributed by atoms with van der Waals surface area (Å²) in [6, 6.07) is 16.2. The zero-order valence-electron chi connectivity index (χ0n) is 16.5. The smallest absolute Gasteiger partial charge is 0.224 e. The molecule has 1 fully saturated rings. The normalized spacial score (nSPS) is 14.8. The molecule has 1 amide bonds. The fourth-order valence-electron chi connectivity index (χ4n) is 3.53. The number of hydrogen-bond donors (Lipinski definition) is 1. The largest absolute Gasteiger partial charge is 0.354 e. The highest BCUT2D eigenvalue weighted by Crippen LogP contribution is 2.13. The maximum absolute atomic E-state index is 12.8. The monoisotopic (exact) mass is 381 g/mol. The Labute approximate surface area is 167 Å². The summed E-state index contributed by atoms with van der Waals surface area (Å²) >= 11 is 0. The fraction of sp³-hybridized carbons (Fsp3) is 0.455. The molecule has 3 rings (SSSR count). The Morgan fingerprint density at radius 2 is 1.79 bits per heavy atom. The number of amides is 1. The Morgan fingerprint density at radius 3 is 2.46 bits per heavy atom. The third-order valence-corrected chi connectivity index (χ3v) is 5.19. The van der Waals surface area contributed by atoms with Crippen LogP contribution in [0, 0.1) is 0 Å². The molecule has 0 atom stereocenters. The van der Waals surface area contributed by atoms with Gasteiger partial charge < -0.3 is 15.5 Å². The van der Waals surface area contributed by atoms with Gasteiger partial charge in [-0.25, -0.2) is 4.98 Å². The number of carbonyl (C=O) groups is 1. The summed E-state index contributed by atoms with van der Waals surface area (Å²) in [5, 5.41) is 0. The molecule has 0 radical (unpaired) electrons. The van der Waals surface area contributed by atoms with Crippen molar-refractivity contribution >= 4 is 11.7 Å². The van der Waals surface area contributed by atoms with E-state index >= 15 is 0 Å². The Hall–Kier alpha value is -2.44. The van der Waals surface area contributed by atoms with Crippen LogP contribution in [-0.2, 0) is 11.3 Å². The molecule has 0 bridgehead atoms. The Morgan fingerprint density at radius 1 is 1.04 bits per heavy atom. The summed E-state index contributed by atoms with van der Waals surface area (Å²) in [6.07, 6.45) is 3.23. The van der Waals surface area contributed by atoms with Crippen LogP contribution >= 0.6 is 0 Å². The van der Waals surface area contributed by atoms with Crippen LogP contribution in [0.5, 0.6) is 0 Å². The molecule has 1 aliphatic rings. The van der Waals surface area contributed by atoms with Crippen LogP contribution in [0.4, 0.5) is 5.82 Å². The molecule has 1 aliphatic heterocycles. The van der Waals surface area contributed by atoms with Crippen LogP contribution in [0.15, 0.2) is 54.7 Å².